The van der Waals surface area contributed by atoms with Gasteiger partial charge in [-0.3, -0.25) is 4.98 Å². The maximum absolute atomic E-state index is 8.83. The van der Waals surface area contributed by atoms with Gasteiger partial charge in [-0.25, -0.2) is 4.98 Å². The van der Waals surface area contributed by atoms with Gasteiger partial charge in [0.1, 0.15) is 0 Å². The van der Waals surface area contributed by atoms with Crippen LogP contribution in [-0.4, -0.2) is 21.5 Å². The van der Waals surface area contributed by atoms with Crippen LogP contribution in [-0.2, 0) is 6.54 Å². The van der Waals surface area contributed by atoms with Crippen LogP contribution in [0.15, 0.2) is 24.5 Å². The van der Waals surface area contributed by atoms with Crippen LogP contribution in [0.5, 0.6) is 0 Å². The number of nitrogens with two attached hydrogens (primary N) is 1. The van der Waals surface area contributed by atoms with Gasteiger partial charge in [0.25, 0.3) is 0 Å². The zero-order valence-electron chi connectivity index (χ0n) is 11.6. The van der Waals surface area contributed by atoms with Crippen molar-refractivity contribution in [3.05, 3.63) is 41.1 Å². The second-order valence-corrected chi connectivity index (χ2v) is 4.84. The molecule has 2 aromatic rings. The van der Waals surface area contributed by atoms with Gasteiger partial charge in [0.05, 0.1) is 23.9 Å². The van der Waals surface area contributed by atoms with E-state index in [4.69, 9.17) is 22.6 Å². The summed E-state index contributed by atoms with van der Waals surface area (Å²) in [4.78, 5) is 14.2. The van der Waals surface area contributed by atoms with Crippen molar-refractivity contribution in [2.75, 3.05) is 17.2 Å². The highest BCUT2D eigenvalue weighted by Crippen LogP contribution is 2.26. The van der Waals surface area contributed by atoms with Crippen LogP contribution in [0.2, 0.25) is 5.28 Å². The number of hydrogen-bond acceptors (Lipinski definition) is 6. The lowest BCUT2D eigenvalue weighted by molar-refractivity contribution is 0.778. The lowest BCUT2D eigenvalue weighted by atomic mass is 10.2. The van der Waals surface area contributed by atoms with Crippen LogP contribution in [0, 0.1) is 18.3 Å². The van der Waals surface area contributed by atoms with Gasteiger partial charge in [-0.05, 0) is 30.2 Å². The number of aromatic nitrogens is 3. The molecule has 0 spiro atoms. The second kappa shape index (κ2) is 6.86. The zero-order chi connectivity index (χ0) is 15.2. The molecule has 2 rings (SSSR count). The molecule has 0 bridgehead atoms. The molecule has 0 amide bonds. The lowest BCUT2D eigenvalue weighted by Gasteiger charge is -2.24. The molecule has 21 heavy (non-hydrogen) atoms. The van der Waals surface area contributed by atoms with Gasteiger partial charge in [0, 0.05) is 25.5 Å². The summed E-state index contributed by atoms with van der Waals surface area (Å²) in [6.45, 7) is 2.83. The van der Waals surface area contributed by atoms with E-state index in [1.165, 1.54) is 0 Å². The molecule has 0 radical (unpaired) electrons. The van der Waals surface area contributed by atoms with Gasteiger partial charge in [-0.15, -0.1) is 0 Å². The zero-order valence-corrected chi connectivity index (χ0v) is 12.4. The number of anilines is 2. The standard InChI is InChI=1S/C14H15ClN6/c1-10-12(17)13(20-14(15)19-10)21(7-3-5-16)9-11-4-2-6-18-8-11/h2,4,6,8H,3,7,9,17H2,1H3. The fraction of sp³-hybridized carbons (Fsp3) is 0.286. The number of nitrogen functional groups attached to an aromatic ring is 1. The minimum absolute atomic E-state index is 0.143. The van der Waals surface area contributed by atoms with E-state index >= 15 is 0 Å². The van der Waals surface area contributed by atoms with Crippen molar-refractivity contribution in [2.24, 2.45) is 0 Å². The topological polar surface area (TPSA) is 91.7 Å². The third-order valence-electron chi connectivity index (χ3n) is 2.98. The number of aryl methyl sites for hydroxylation is 1. The van der Waals surface area contributed by atoms with Crippen molar-refractivity contribution < 1.29 is 0 Å². The van der Waals surface area contributed by atoms with E-state index in [0.717, 1.165) is 5.56 Å². The first-order valence-electron chi connectivity index (χ1n) is 6.42. The fourth-order valence-electron chi connectivity index (χ4n) is 1.93. The van der Waals surface area contributed by atoms with Crippen molar-refractivity contribution in [1.82, 2.24) is 15.0 Å². The second-order valence-electron chi connectivity index (χ2n) is 4.51. The summed E-state index contributed by atoms with van der Waals surface area (Å²) in [5, 5.41) is 8.97. The van der Waals surface area contributed by atoms with Crippen LogP contribution < -0.4 is 10.6 Å². The maximum atomic E-state index is 8.83. The number of pyridine rings is 1. The highest BCUT2D eigenvalue weighted by Gasteiger charge is 2.15. The predicted molar refractivity (Wildman–Crippen MR) is 81.7 cm³/mol. The van der Waals surface area contributed by atoms with E-state index in [-0.39, 0.29) is 5.28 Å². The molecule has 0 unspecified atom stereocenters. The van der Waals surface area contributed by atoms with Crippen LogP contribution in [0.25, 0.3) is 0 Å². The highest BCUT2D eigenvalue weighted by molar-refractivity contribution is 6.28. The van der Waals surface area contributed by atoms with E-state index in [0.29, 0.717) is 36.7 Å². The van der Waals surface area contributed by atoms with Crippen molar-refractivity contribution in [1.29, 1.82) is 5.26 Å². The Kier molecular flexibility index (Phi) is 4.90. The Morgan fingerprint density at radius 3 is 2.90 bits per heavy atom. The smallest absolute Gasteiger partial charge is 0.224 e. The summed E-state index contributed by atoms with van der Waals surface area (Å²) >= 11 is 5.92. The molecule has 0 saturated carbocycles. The molecule has 0 saturated heterocycles. The normalized spacial score (nSPS) is 10.1. The summed E-state index contributed by atoms with van der Waals surface area (Å²) in [6.07, 6.45) is 3.84. The molecule has 2 aromatic heterocycles. The number of halogens is 1. The number of rotatable bonds is 5. The molecule has 7 heteroatoms. The fourth-order valence-corrected chi connectivity index (χ4v) is 2.14. The summed E-state index contributed by atoms with van der Waals surface area (Å²) in [5.41, 5.74) is 8.15. The summed E-state index contributed by atoms with van der Waals surface area (Å²) < 4.78 is 0. The van der Waals surface area contributed by atoms with Crippen molar-refractivity contribution in [3.8, 4) is 6.07 Å². The number of hydrogen-bond donors (Lipinski definition) is 1. The van der Waals surface area contributed by atoms with E-state index < -0.39 is 0 Å². The van der Waals surface area contributed by atoms with Gasteiger partial charge >= 0.3 is 0 Å². The molecule has 0 atom stereocenters. The Morgan fingerprint density at radius 2 is 2.24 bits per heavy atom. The van der Waals surface area contributed by atoms with E-state index in [1.807, 2.05) is 17.0 Å². The Bertz CT molecular complexity index is 653. The van der Waals surface area contributed by atoms with Crippen molar-refractivity contribution in [3.63, 3.8) is 0 Å². The van der Waals surface area contributed by atoms with Gasteiger partial charge < -0.3 is 10.6 Å². The molecule has 108 valence electrons. The first-order chi connectivity index (χ1) is 10.1. The maximum Gasteiger partial charge on any atom is 0.224 e. The average molecular weight is 303 g/mol. The first kappa shape index (κ1) is 15.0. The summed E-state index contributed by atoms with van der Waals surface area (Å²) in [7, 11) is 0. The molecule has 0 aliphatic carbocycles. The van der Waals surface area contributed by atoms with Crippen LogP contribution in [0.1, 0.15) is 17.7 Å². The molecule has 6 nitrogen and oxygen atoms in total. The van der Waals surface area contributed by atoms with E-state index in [2.05, 4.69) is 21.0 Å². The van der Waals surface area contributed by atoms with Gasteiger partial charge in [-0.1, -0.05) is 6.07 Å². The van der Waals surface area contributed by atoms with Crippen molar-refractivity contribution in [2.45, 2.75) is 19.9 Å². The Morgan fingerprint density at radius 1 is 1.43 bits per heavy atom. The average Bonchev–Trinajstić information content (AvgIpc) is 2.48. The van der Waals surface area contributed by atoms with Crippen LogP contribution in [0.3, 0.4) is 0 Å². The van der Waals surface area contributed by atoms with Gasteiger partial charge in [0.15, 0.2) is 5.82 Å². The highest BCUT2D eigenvalue weighted by atomic mass is 35.5. The Hall–Kier alpha value is -2.39. The largest absolute Gasteiger partial charge is 0.394 e. The molecular weight excluding hydrogens is 288 g/mol. The van der Waals surface area contributed by atoms with Crippen molar-refractivity contribution >= 4 is 23.1 Å². The minimum Gasteiger partial charge on any atom is -0.394 e. The SMILES string of the molecule is Cc1nc(Cl)nc(N(CCC#N)Cc2cccnc2)c1N. The molecule has 0 aromatic carbocycles. The molecular formula is C14H15ClN6. The molecule has 0 aliphatic rings. The Labute approximate surface area is 128 Å². The van der Waals surface area contributed by atoms with Gasteiger partial charge in [0.2, 0.25) is 5.28 Å². The van der Waals surface area contributed by atoms with Gasteiger partial charge in [-0.2, -0.15) is 10.2 Å². The third-order valence-corrected chi connectivity index (χ3v) is 3.15. The number of nitrogens with zero attached hydrogens (tertiary/aromatic N) is 5. The minimum atomic E-state index is 0.143. The molecule has 2 N–H and O–H groups in total. The lowest BCUT2D eigenvalue weighted by Crippen LogP contribution is -2.26. The summed E-state index contributed by atoms with van der Waals surface area (Å²) in [5.74, 6) is 0.548. The van der Waals surface area contributed by atoms with E-state index in [9.17, 15) is 0 Å². The van der Waals surface area contributed by atoms with Crippen LogP contribution in [0.4, 0.5) is 11.5 Å². The third kappa shape index (κ3) is 3.80. The summed E-state index contributed by atoms with van der Waals surface area (Å²) in [6, 6.07) is 5.94. The quantitative estimate of drug-likeness (QED) is 0.852. The molecule has 0 fully saturated rings. The predicted octanol–water partition coefficient (Wildman–Crippen LogP) is 2.34. The monoisotopic (exact) mass is 302 g/mol. The molecule has 2 heterocycles. The first-order valence-corrected chi connectivity index (χ1v) is 6.80. The van der Waals surface area contributed by atoms with Crippen LogP contribution >= 0.6 is 11.6 Å². The number of nitriles is 1. The Balaban J connectivity index is 2.34. The molecule has 0 aliphatic heterocycles. The van der Waals surface area contributed by atoms with E-state index in [1.54, 1.807) is 19.3 Å².